The van der Waals surface area contributed by atoms with Crippen molar-refractivity contribution in [3.8, 4) is 11.4 Å². The molecule has 0 aliphatic carbocycles. The van der Waals surface area contributed by atoms with Gasteiger partial charge in [-0.15, -0.1) is 5.10 Å². The number of rotatable bonds is 7. The fraction of sp³-hybridized carbons (Fsp3) is 0.357. The molecule has 0 atom stereocenters. The van der Waals surface area contributed by atoms with Crippen molar-refractivity contribution in [3.05, 3.63) is 71.5 Å². The molecule has 8 heteroatoms. The number of nitrogens with zero attached hydrogens (tertiary/aromatic N) is 5. The van der Waals surface area contributed by atoms with Crippen molar-refractivity contribution in [1.82, 2.24) is 25.3 Å². The maximum atomic E-state index is 12.9. The number of carbonyl (C=O) groups is 1. The molecule has 1 N–H and O–H groups in total. The highest BCUT2D eigenvalue weighted by molar-refractivity contribution is 5.92. The van der Waals surface area contributed by atoms with Gasteiger partial charge in [-0.25, -0.2) is 4.68 Å². The largest absolute Gasteiger partial charge is 0.494 e. The normalized spacial score (nSPS) is 14.2. The summed E-state index contributed by atoms with van der Waals surface area (Å²) < 4.78 is 7.64. The predicted octanol–water partition coefficient (Wildman–Crippen LogP) is 4.36. The van der Waals surface area contributed by atoms with Crippen molar-refractivity contribution in [2.75, 3.05) is 24.6 Å². The molecule has 186 valence electrons. The van der Waals surface area contributed by atoms with Crippen molar-refractivity contribution in [1.29, 1.82) is 0 Å². The number of piperidine rings is 1. The van der Waals surface area contributed by atoms with Crippen LogP contribution in [0.1, 0.15) is 36.7 Å². The minimum Gasteiger partial charge on any atom is -0.494 e. The standard InChI is InChI=1S/C28H32N6O2/c1-4-36-24-13-9-8-10-22(24)18-29-28(35)21-14-16-33(17-15-21)27-26-25(19(2)30-31-27)20(3)34(32-26)23-11-6-5-7-12-23/h5-13,21H,4,14-18H2,1-3H3,(H,29,35). The van der Waals surface area contributed by atoms with Crippen LogP contribution in [-0.2, 0) is 11.3 Å². The number of para-hydroxylation sites is 2. The smallest absolute Gasteiger partial charge is 0.223 e. The number of hydrogen-bond donors (Lipinski definition) is 1. The number of aromatic nitrogens is 4. The van der Waals surface area contributed by atoms with Gasteiger partial charge < -0.3 is 15.0 Å². The molecule has 0 radical (unpaired) electrons. The topological polar surface area (TPSA) is 85.2 Å². The van der Waals surface area contributed by atoms with Crippen LogP contribution in [0.4, 0.5) is 5.82 Å². The summed E-state index contributed by atoms with van der Waals surface area (Å²) in [5, 5.41) is 18.1. The average molecular weight is 485 g/mol. The molecule has 1 aliphatic heterocycles. The van der Waals surface area contributed by atoms with Gasteiger partial charge in [0.05, 0.1) is 29.1 Å². The lowest BCUT2D eigenvalue weighted by Crippen LogP contribution is -2.41. The molecule has 36 heavy (non-hydrogen) atoms. The van der Waals surface area contributed by atoms with Crippen LogP contribution < -0.4 is 15.0 Å². The molecule has 5 rings (SSSR count). The van der Waals surface area contributed by atoms with E-state index in [9.17, 15) is 4.79 Å². The molecule has 2 aromatic carbocycles. The minimum absolute atomic E-state index is 0.0296. The summed E-state index contributed by atoms with van der Waals surface area (Å²) in [6.07, 6.45) is 1.52. The molecule has 0 unspecified atom stereocenters. The fourth-order valence-electron chi connectivity index (χ4n) is 4.97. The lowest BCUT2D eigenvalue weighted by Gasteiger charge is -2.32. The maximum absolute atomic E-state index is 12.9. The van der Waals surface area contributed by atoms with Crippen LogP contribution in [0.3, 0.4) is 0 Å². The molecule has 8 nitrogen and oxygen atoms in total. The van der Waals surface area contributed by atoms with Gasteiger partial charge in [0.2, 0.25) is 5.91 Å². The fourth-order valence-corrected chi connectivity index (χ4v) is 4.97. The third-order valence-electron chi connectivity index (χ3n) is 6.88. The van der Waals surface area contributed by atoms with Crippen LogP contribution in [0.2, 0.25) is 0 Å². The van der Waals surface area contributed by atoms with Gasteiger partial charge in [0, 0.05) is 31.1 Å². The minimum atomic E-state index is -0.0296. The molecule has 0 saturated carbocycles. The molecule has 1 amide bonds. The Morgan fingerprint density at radius 1 is 1.03 bits per heavy atom. The number of benzene rings is 2. The Labute approximate surface area is 211 Å². The molecular formula is C28H32N6O2. The molecule has 1 aliphatic rings. The number of aryl methyl sites for hydroxylation is 2. The summed E-state index contributed by atoms with van der Waals surface area (Å²) in [7, 11) is 0. The van der Waals surface area contributed by atoms with Crippen LogP contribution in [-0.4, -0.2) is 45.6 Å². The highest BCUT2D eigenvalue weighted by atomic mass is 16.5. The van der Waals surface area contributed by atoms with E-state index in [1.54, 1.807) is 0 Å². The molecule has 1 saturated heterocycles. The Morgan fingerprint density at radius 3 is 2.50 bits per heavy atom. The van der Waals surface area contributed by atoms with Crippen molar-refractivity contribution < 1.29 is 9.53 Å². The summed E-state index contributed by atoms with van der Waals surface area (Å²) in [4.78, 5) is 15.1. The number of nitrogens with one attached hydrogen (secondary N) is 1. The Morgan fingerprint density at radius 2 is 1.75 bits per heavy atom. The third kappa shape index (κ3) is 4.63. The molecule has 0 spiro atoms. The second-order valence-electron chi connectivity index (χ2n) is 9.19. The number of anilines is 1. The van der Waals surface area contributed by atoms with Crippen LogP contribution >= 0.6 is 0 Å². The molecule has 3 heterocycles. The Bertz CT molecular complexity index is 1360. The van der Waals surface area contributed by atoms with E-state index in [-0.39, 0.29) is 11.8 Å². The second kappa shape index (κ2) is 10.4. The summed E-state index contributed by atoms with van der Waals surface area (Å²) in [6.45, 7) is 8.54. The van der Waals surface area contributed by atoms with Crippen molar-refractivity contribution in [3.63, 3.8) is 0 Å². The maximum Gasteiger partial charge on any atom is 0.223 e. The van der Waals surface area contributed by atoms with Crippen molar-refractivity contribution >= 4 is 22.6 Å². The van der Waals surface area contributed by atoms with Crippen LogP contribution in [0.5, 0.6) is 5.75 Å². The van der Waals surface area contributed by atoms with Gasteiger partial charge in [-0.1, -0.05) is 36.4 Å². The van der Waals surface area contributed by atoms with Crippen molar-refractivity contribution in [2.24, 2.45) is 5.92 Å². The predicted molar refractivity (Wildman–Crippen MR) is 141 cm³/mol. The number of hydrogen-bond acceptors (Lipinski definition) is 6. The molecule has 4 aromatic rings. The second-order valence-corrected chi connectivity index (χ2v) is 9.19. The monoisotopic (exact) mass is 484 g/mol. The highest BCUT2D eigenvalue weighted by Crippen LogP contribution is 2.31. The third-order valence-corrected chi connectivity index (χ3v) is 6.88. The first-order valence-corrected chi connectivity index (χ1v) is 12.6. The Kier molecular flexibility index (Phi) is 6.84. The first kappa shape index (κ1) is 23.8. The highest BCUT2D eigenvalue weighted by Gasteiger charge is 2.28. The van der Waals surface area contributed by atoms with Gasteiger partial charge in [0.15, 0.2) is 5.82 Å². The zero-order chi connectivity index (χ0) is 25.1. The summed E-state index contributed by atoms with van der Waals surface area (Å²) in [5.41, 5.74) is 4.78. The van der Waals surface area contributed by atoms with E-state index in [1.165, 1.54) is 0 Å². The van der Waals surface area contributed by atoms with Gasteiger partial charge in [-0.2, -0.15) is 10.2 Å². The average Bonchev–Trinajstić information content (AvgIpc) is 3.27. The summed E-state index contributed by atoms with van der Waals surface area (Å²) in [5.74, 6) is 1.67. The molecule has 1 fully saturated rings. The quantitative estimate of drug-likeness (QED) is 0.419. The number of fused-ring (bicyclic) bond motifs is 1. The summed E-state index contributed by atoms with van der Waals surface area (Å²) >= 11 is 0. The molecular weight excluding hydrogens is 452 g/mol. The first-order valence-electron chi connectivity index (χ1n) is 12.6. The number of carbonyl (C=O) groups excluding carboxylic acids is 1. The SMILES string of the molecule is CCOc1ccccc1CNC(=O)C1CCN(c2nnc(C)c3c(C)n(-c4ccccc4)nc23)CC1. The van der Waals surface area contributed by atoms with E-state index in [1.807, 2.05) is 73.1 Å². The van der Waals surface area contributed by atoms with E-state index in [2.05, 4.69) is 27.3 Å². The van der Waals surface area contributed by atoms with Crippen molar-refractivity contribution in [2.45, 2.75) is 40.2 Å². The van der Waals surface area contributed by atoms with Crippen LogP contribution in [0.25, 0.3) is 16.6 Å². The number of ether oxygens (including phenoxy) is 1. The van der Waals surface area contributed by atoms with E-state index in [4.69, 9.17) is 9.84 Å². The molecule has 2 aromatic heterocycles. The van der Waals surface area contributed by atoms with Gasteiger partial charge in [0.25, 0.3) is 0 Å². The van der Waals surface area contributed by atoms with Crippen LogP contribution in [0, 0.1) is 19.8 Å². The molecule has 0 bridgehead atoms. The zero-order valence-corrected chi connectivity index (χ0v) is 21.1. The number of amides is 1. The lowest BCUT2D eigenvalue weighted by atomic mass is 9.95. The van der Waals surface area contributed by atoms with Gasteiger partial charge in [0.1, 0.15) is 11.3 Å². The Balaban J connectivity index is 1.29. The van der Waals surface area contributed by atoms with Gasteiger partial charge in [-0.05, 0) is 51.8 Å². The van der Waals surface area contributed by atoms with E-state index >= 15 is 0 Å². The van der Waals surface area contributed by atoms with Gasteiger partial charge >= 0.3 is 0 Å². The van der Waals surface area contributed by atoms with E-state index in [0.717, 1.165) is 71.0 Å². The van der Waals surface area contributed by atoms with Gasteiger partial charge in [-0.3, -0.25) is 4.79 Å². The zero-order valence-electron chi connectivity index (χ0n) is 21.1. The Hall–Kier alpha value is -3.94. The lowest BCUT2D eigenvalue weighted by molar-refractivity contribution is -0.125. The first-order chi connectivity index (χ1) is 17.6. The summed E-state index contributed by atoms with van der Waals surface area (Å²) in [6, 6.07) is 18.0. The van der Waals surface area contributed by atoms with E-state index < -0.39 is 0 Å². The van der Waals surface area contributed by atoms with Crippen LogP contribution in [0.15, 0.2) is 54.6 Å². The van der Waals surface area contributed by atoms with E-state index in [0.29, 0.717) is 13.2 Å².